The lowest BCUT2D eigenvalue weighted by atomic mass is 10.0. The van der Waals surface area contributed by atoms with Gasteiger partial charge in [0.15, 0.2) is 0 Å². The van der Waals surface area contributed by atoms with E-state index in [0.29, 0.717) is 12.0 Å². The van der Waals surface area contributed by atoms with Gasteiger partial charge in [-0.25, -0.2) is 0 Å². The van der Waals surface area contributed by atoms with Gasteiger partial charge in [0.1, 0.15) is 6.23 Å². The number of anilines is 2. The van der Waals surface area contributed by atoms with E-state index in [2.05, 4.69) is 79.5 Å². The molecule has 0 aliphatic carbocycles. The summed E-state index contributed by atoms with van der Waals surface area (Å²) in [5, 5.41) is 13.4. The second-order valence-corrected chi connectivity index (χ2v) is 8.17. The molecular weight excluding hydrogens is 346 g/mol. The van der Waals surface area contributed by atoms with Crippen LogP contribution in [0.5, 0.6) is 0 Å². The number of aliphatic hydroxyl groups is 1. The van der Waals surface area contributed by atoms with Gasteiger partial charge in [-0.05, 0) is 67.9 Å². The Bertz CT molecular complexity index is 765. The lowest BCUT2D eigenvalue weighted by molar-refractivity contribution is 0.253. The number of aliphatic hydroxyl groups excluding tert-OH is 1. The van der Waals surface area contributed by atoms with Crippen LogP contribution < -0.4 is 10.2 Å². The Labute approximate surface area is 169 Å². The molecule has 0 radical (unpaired) electrons. The van der Waals surface area contributed by atoms with Crippen LogP contribution in [-0.4, -0.2) is 49.5 Å². The van der Waals surface area contributed by atoms with Crippen molar-refractivity contribution in [3.63, 3.8) is 0 Å². The maximum absolute atomic E-state index is 10.3. The maximum Gasteiger partial charge on any atom is 0.144 e. The molecule has 2 aromatic carbocycles. The van der Waals surface area contributed by atoms with Crippen LogP contribution in [0.4, 0.5) is 11.4 Å². The highest BCUT2D eigenvalue weighted by atomic mass is 16.3. The number of hydrogen-bond donors (Lipinski definition) is 2. The second kappa shape index (κ2) is 9.26. The van der Waals surface area contributed by atoms with Gasteiger partial charge in [-0.15, -0.1) is 0 Å². The lowest BCUT2D eigenvalue weighted by Crippen LogP contribution is -2.31. The van der Waals surface area contributed by atoms with Gasteiger partial charge in [0.2, 0.25) is 0 Å². The summed E-state index contributed by atoms with van der Waals surface area (Å²) in [6.45, 7) is 6.54. The van der Waals surface area contributed by atoms with Crippen LogP contribution in [-0.2, 0) is 0 Å². The smallest absolute Gasteiger partial charge is 0.144 e. The summed E-state index contributed by atoms with van der Waals surface area (Å²) in [6.07, 6.45) is 4.21. The standard InChI is InChI=1S/C24H33N3O/c1-18(2)20-8-5-19(6-9-20)7-14-24(28)25-21-10-12-22(13-11-21)27-16-15-23(17-27)26(3)4/h5-14,18,23-25,28H,15-17H2,1-4H3/b14-7+. The zero-order chi connectivity index (χ0) is 20.1. The minimum absolute atomic E-state index is 0.530. The van der Waals surface area contributed by atoms with Crippen LogP contribution in [0.1, 0.15) is 37.3 Å². The van der Waals surface area contributed by atoms with E-state index in [-0.39, 0.29) is 0 Å². The summed E-state index contributed by atoms with van der Waals surface area (Å²) in [5.74, 6) is 0.530. The summed E-state index contributed by atoms with van der Waals surface area (Å²) in [4.78, 5) is 4.72. The first-order chi connectivity index (χ1) is 13.4. The van der Waals surface area contributed by atoms with Crippen molar-refractivity contribution < 1.29 is 5.11 Å². The van der Waals surface area contributed by atoms with Crippen molar-refractivity contribution in [1.82, 2.24) is 4.90 Å². The fourth-order valence-corrected chi connectivity index (χ4v) is 3.58. The monoisotopic (exact) mass is 379 g/mol. The van der Waals surface area contributed by atoms with Crippen molar-refractivity contribution in [3.8, 4) is 0 Å². The molecule has 28 heavy (non-hydrogen) atoms. The predicted molar refractivity (Wildman–Crippen MR) is 120 cm³/mol. The molecule has 4 heteroatoms. The van der Waals surface area contributed by atoms with Crippen molar-refractivity contribution in [1.29, 1.82) is 0 Å². The molecule has 1 fully saturated rings. The van der Waals surface area contributed by atoms with Gasteiger partial charge < -0.3 is 20.2 Å². The second-order valence-electron chi connectivity index (χ2n) is 8.17. The zero-order valence-electron chi connectivity index (χ0n) is 17.5. The molecule has 2 N–H and O–H groups in total. The Morgan fingerprint density at radius 3 is 2.32 bits per heavy atom. The van der Waals surface area contributed by atoms with E-state index in [4.69, 9.17) is 0 Å². The fourth-order valence-electron chi connectivity index (χ4n) is 3.58. The number of likely N-dealkylation sites (N-methyl/N-ethyl adjacent to an activating group) is 1. The highest BCUT2D eigenvalue weighted by Gasteiger charge is 2.23. The topological polar surface area (TPSA) is 38.7 Å². The Hall–Kier alpha value is -2.30. The third kappa shape index (κ3) is 5.37. The SMILES string of the molecule is CC(C)c1ccc(/C=C/C(O)Nc2ccc(N3CCC(N(C)C)C3)cc2)cc1. The first-order valence-electron chi connectivity index (χ1n) is 10.2. The Balaban J connectivity index is 1.53. The number of nitrogens with zero attached hydrogens (tertiary/aromatic N) is 2. The molecule has 0 bridgehead atoms. The Morgan fingerprint density at radius 2 is 1.75 bits per heavy atom. The molecule has 1 saturated heterocycles. The molecule has 2 aromatic rings. The fraction of sp³-hybridized carbons (Fsp3) is 0.417. The van der Waals surface area contributed by atoms with Gasteiger partial charge in [-0.1, -0.05) is 44.2 Å². The predicted octanol–water partition coefficient (Wildman–Crippen LogP) is 4.39. The van der Waals surface area contributed by atoms with Crippen LogP contribution in [0.15, 0.2) is 54.6 Å². The quantitative estimate of drug-likeness (QED) is 0.700. The summed E-state index contributed by atoms with van der Waals surface area (Å²) in [5.41, 5.74) is 4.57. The van der Waals surface area contributed by atoms with Crippen LogP contribution in [0.3, 0.4) is 0 Å². The summed E-state index contributed by atoms with van der Waals surface area (Å²) in [6, 6.07) is 17.4. The Kier molecular flexibility index (Phi) is 6.76. The van der Waals surface area contributed by atoms with Gasteiger partial charge in [-0.3, -0.25) is 0 Å². The first kappa shape index (κ1) is 20.4. The van der Waals surface area contributed by atoms with Crippen molar-refractivity contribution in [2.45, 2.75) is 38.5 Å². The van der Waals surface area contributed by atoms with Crippen molar-refractivity contribution >= 4 is 17.5 Å². The van der Waals surface area contributed by atoms with Gasteiger partial charge in [-0.2, -0.15) is 0 Å². The minimum Gasteiger partial charge on any atom is -0.370 e. The van der Waals surface area contributed by atoms with Crippen molar-refractivity contribution in [3.05, 3.63) is 65.7 Å². The molecule has 0 spiro atoms. The molecule has 4 nitrogen and oxygen atoms in total. The van der Waals surface area contributed by atoms with E-state index in [0.717, 1.165) is 24.3 Å². The lowest BCUT2D eigenvalue weighted by Gasteiger charge is -2.22. The largest absolute Gasteiger partial charge is 0.370 e. The Morgan fingerprint density at radius 1 is 1.07 bits per heavy atom. The minimum atomic E-state index is -0.722. The molecule has 2 unspecified atom stereocenters. The molecule has 0 aromatic heterocycles. The van der Waals surface area contributed by atoms with E-state index >= 15 is 0 Å². The highest BCUT2D eigenvalue weighted by Crippen LogP contribution is 2.24. The molecule has 1 aliphatic rings. The van der Waals surface area contributed by atoms with Gasteiger partial charge in [0.25, 0.3) is 0 Å². The van der Waals surface area contributed by atoms with Crippen molar-refractivity contribution in [2.75, 3.05) is 37.4 Å². The molecular formula is C24H33N3O. The normalized spacial score (nSPS) is 18.4. The van der Waals surface area contributed by atoms with Crippen LogP contribution >= 0.6 is 0 Å². The molecule has 3 rings (SSSR count). The third-order valence-corrected chi connectivity index (χ3v) is 5.51. The van der Waals surface area contributed by atoms with E-state index < -0.39 is 6.23 Å². The van der Waals surface area contributed by atoms with Gasteiger partial charge >= 0.3 is 0 Å². The summed E-state index contributed by atoms with van der Waals surface area (Å²) < 4.78 is 0. The zero-order valence-corrected chi connectivity index (χ0v) is 17.5. The highest BCUT2D eigenvalue weighted by molar-refractivity contribution is 5.57. The summed E-state index contributed by atoms with van der Waals surface area (Å²) >= 11 is 0. The van der Waals surface area contributed by atoms with E-state index in [9.17, 15) is 5.11 Å². The third-order valence-electron chi connectivity index (χ3n) is 5.51. The average Bonchev–Trinajstić information content (AvgIpc) is 3.18. The van der Waals surface area contributed by atoms with E-state index in [1.807, 2.05) is 18.2 Å². The van der Waals surface area contributed by atoms with Gasteiger partial charge in [0.05, 0.1) is 0 Å². The molecule has 0 saturated carbocycles. The van der Waals surface area contributed by atoms with Crippen LogP contribution in [0.2, 0.25) is 0 Å². The number of benzene rings is 2. The van der Waals surface area contributed by atoms with E-state index in [1.165, 1.54) is 17.7 Å². The van der Waals surface area contributed by atoms with Gasteiger partial charge in [0, 0.05) is 30.5 Å². The molecule has 2 atom stereocenters. The first-order valence-corrected chi connectivity index (χ1v) is 10.2. The number of nitrogens with one attached hydrogen (secondary N) is 1. The number of hydrogen-bond acceptors (Lipinski definition) is 4. The van der Waals surface area contributed by atoms with Crippen molar-refractivity contribution in [2.24, 2.45) is 0 Å². The maximum atomic E-state index is 10.3. The average molecular weight is 380 g/mol. The molecule has 0 amide bonds. The summed E-state index contributed by atoms with van der Waals surface area (Å²) in [7, 11) is 4.30. The molecule has 1 aliphatic heterocycles. The van der Waals surface area contributed by atoms with Crippen LogP contribution in [0.25, 0.3) is 6.08 Å². The van der Waals surface area contributed by atoms with E-state index in [1.54, 1.807) is 6.08 Å². The number of rotatable bonds is 7. The molecule has 1 heterocycles. The molecule has 150 valence electrons. The van der Waals surface area contributed by atoms with Crippen LogP contribution in [0, 0.1) is 0 Å².